The first-order chi connectivity index (χ1) is 10.8. The van der Waals surface area contributed by atoms with Gasteiger partial charge in [-0.05, 0) is 11.6 Å². The van der Waals surface area contributed by atoms with Crippen LogP contribution in [-0.2, 0) is 6.54 Å². The standard InChI is InChI=1S/C18H21N3O.BrH/c1-22-17-12-6-5-11-16(17)14-21-18(19)20-13-7-10-15-8-3-2-4-9-15;/h2-12H,13-14H2,1H3,(H3,19,20,21);1H/b10-7+;. The molecular formula is C18H22BrN3O. The van der Waals surface area contributed by atoms with E-state index >= 15 is 0 Å². The summed E-state index contributed by atoms with van der Waals surface area (Å²) in [5.41, 5.74) is 8.03. The molecule has 0 saturated carbocycles. The molecule has 0 aliphatic rings. The maximum atomic E-state index is 5.86. The summed E-state index contributed by atoms with van der Waals surface area (Å²) in [5, 5.41) is 3.06. The largest absolute Gasteiger partial charge is 0.496 e. The van der Waals surface area contributed by atoms with Crippen LogP contribution in [0.2, 0.25) is 0 Å². The number of rotatable bonds is 6. The fraction of sp³-hybridized carbons (Fsp3) is 0.167. The number of methoxy groups -OCH3 is 1. The molecule has 0 heterocycles. The number of nitrogens with two attached hydrogens (primary N) is 1. The van der Waals surface area contributed by atoms with Crippen molar-refractivity contribution in [1.82, 2.24) is 5.32 Å². The number of hydrogen-bond acceptors (Lipinski definition) is 2. The van der Waals surface area contributed by atoms with Crippen LogP contribution in [-0.4, -0.2) is 19.6 Å². The highest BCUT2D eigenvalue weighted by molar-refractivity contribution is 8.93. The molecule has 23 heavy (non-hydrogen) atoms. The molecule has 0 unspecified atom stereocenters. The van der Waals surface area contributed by atoms with Gasteiger partial charge in [0.1, 0.15) is 5.75 Å². The number of nitrogens with one attached hydrogen (secondary N) is 1. The van der Waals surface area contributed by atoms with Gasteiger partial charge in [-0.15, -0.1) is 17.0 Å². The molecule has 0 bridgehead atoms. The lowest BCUT2D eigenvalue weighted by molar-refractivity contribution is 0.410. The van der Waals surface area contributed by atoms with Crippen LogP contribution in [0.25, 0.3) is 6.08 Å². The predicted octanol–water partition coefficient (Wildman–Crippen LogP) is 3.39. The van der Waals surface area contributed by atoms with Crippen molar-refractivity contribution in [3.05, 3.63) is 71.8 Å². The van der Waals surface area contributed by atoms with Gasteiger partial charge in [-0.3, -0.25) is 0 Å². The Bertz CT molecular complexity index is 642. The molecule has 0 aliphatic heterocycles. The molecule has 0 aliphatic carbocycles. The number of halogens is 1. The highest BCUT2D eigenvalue weighted by Gasteiger charge is 2.00. The molecule has 5 heteroatoms. The van der Waals surface area contributed by atoms with Crippen LogP contribution in [0.3, 0.4) is 0 Å². The Morgan fingerprint density at radius 3 is 2.57 bits per heavy atom. The van der Waals surface area contributed by atoms with Gasteiger partial charge < -0.3 is 15.8 Å². The van der Waals surface area contributed by atoms with E-state index in [4.69, 9.17) is 10.5 Å². The number of benzene rings is 2. The van der Waals surface area contributed by atoms with E-state index in [1.807, 2.05) is 54.6 Å². The fourth-order valence-electron chi connectivity index (χ4n) is 1.98. The van der Waals surface area contributed by atoms with Gasteiger partial charge in [0.15, 0.2) is 5.96 Å². The highest BCUT2D eigenvalue weighted by atomic mass is 79.9. The van der Waals surface area contributed by atoms with Crippen molar-refractivity contribution in [2.75, 3.05) is 13.7 Å². The second kappa shape index (κ2) is 10.5. The molecule has 0 atom stereocenters. The third-order valence-electron chi connectivity index (χ3n) is 3.12. The summed E-state index contributed by atoms with van der Waals surface area (Å²) in [4.78, 5) is 4.32. The molecule has 2 rings (SSSR count). The Morgan fingerprint density at radius 2 is 1.83 bits per heavy atom. The zero-order valence-electron chi connectivity index (χ0n) is 13.1. The minimum atomic E-state index is 0. The molecule has 4 nitrogen and oxygen atoms in total. The first-order valence-corrected chi connectivity index (χ1v) is 7.17. The SMILES string of the molecule is Br.COc1ccccc1CN=C(N)NC/C=C/c1ccccc1. The Kier molecular flexibility index (Phi) is 8.54. The van der Waals surface area contributed by atoms with Crippen LogP contribution in [0.15, 0.2) is 65.7 Å². The van der Waals surface area contributed by atoms with Gasteiger partial charge in [0, 0.05) is 12.1 Å². The molecule has 0 radical (unpaired) electrons. The summed E-state index contributed by atoms with van der Waals surface area (Å²) < 4.78 is 5.28. The Labute approximate surface area is 147 Å². The van der Waals surface area contributed by atoms with Gasteiger partial charge in [-0.2, -0.15) is 0 Å². The third kappa shape index (κ3) is 6.57. The number of para-hydroxylation sites is 1. The lowest BCUT2D eigenvalue weighted by atomic mass is 10.2. The quantitative estimate of drug-likeness (QED) is 0.600. The first kappa shape index (κ1) is 18.8. The smallest absolute Gasteiger partial charge is 0.189 e. The van der Waals surface area contributed by atoms with Crippen molar-refractivity contribution < 1.29 is 4.74 Å². The molecule has 122 valence electrons. The minimum absolute atomic E-state index is 0. The lowest BCUT2D eigenvalue weighted by Crippen LogP contribution is -2.31. The van der Waals surface area contributed by atoms with Crippen LogP contribution < -0.4 is 15.8 Å². The van der Waals surface area contributed by atoms with E-state index in [1.54, 1.807) is 7.11 Å². The average Bonchev–Trinajstić information content (AvgIpc) is 2.58. The highest BCUT2D eigenvalue weighted by Crippen LogP contribution is 2.17. The Balaban J connectivity index is 0.00000264. The van der Waals surface area contributed by atoms with Crippen molar-refractivity contribution in [1.29, 1.82) is 0 Å². The average molecular weight is 376 g/mol. The summed E-state index contributed by atoms with van der Waals surface area (Å²) in [5.74, 6) is 1.24. The van der Waals surface area contributed by atoms with Crippen molar-refractivity contribution >= 4 is 29.0 Å². The zero-order valence-corrected chi connectivity index (χ0v) is 14.8. The molecule has 2 aromatic rings. The van der Waals surface area contributed by atoms with Gasteiger partial charge in [-0.1, -0.05) is 60.7 Å². The van der Waals surface area contributed by atoms with Gasteiger partial charge in [-0.25, -0.2) is 4.99 Å². The van der Waals surface area contributed by atoms with Crippen LogP contribution >= 0.6 is 17.0 Å². The Morgan fingerprint density at radius 1 is 1.13 bits per heavy atom. The van der Waals surface area contributed by atoms with E-state index in [0.29, 0.717) is 19.0 Å². The van der Waals surface area contributed by atoms with Crippen LogP contribution in [0.4, 0.5) is 0 Å². The summed E-state index contributed by atoms with van der Waals surface area (Å²) in [6.07, 6.45) is 4.06. The van der Waals surface area contributed by atoms with E-state index in [1.165, 1.54) is 0 Å². The van der Waals surface area contributed by atoms with E-state index in [9.17, 15) is 0 Å². The summed E-state index contributed by atoms with van der Waals surface area (Å²) >= 11 is 0. The first-order valence-electron chi connectivity index (χ1n) is 7.17. The molecular weight excluding hydrogens is 354 g/mol. The molecule has 3 N–H and O–H groups in total. The normalized spacial score (nSPS) is 11.1. The fourth-order valence-corrected chi connectivity index (χ4v) is 1.98. The number of ether oxygens (including phenoxy) is 1. The van der Waals surface area contributed by atoms with Crippen molar-refractivity contribution in [2.24, 2.45) is 10.7 Å². The van der Waals surface area contributed by atoms with Gasteiger partial charge in [0.25, 0.3) is 0 Å². The van der Waals surface area contributed by atoms with Crippen molar-refractivity contribution in [3.63, 3.8) is 0 Å². The molecule has 0 saturated heterocycles. The van der Waals surface area contributed by atoms with Crippen LogP contribution in [0.1, 0.15) is 11.1 Å². The van der Waals surface area contributed by atoms with E-state index in [-0.39, 0.29) is 17.0 Å². The number of hydrogen-bond donors (Lipinski definition) is 2. The topological polar surface area (TPSA) is 59.6 Å². The van der Waals surface area contributed by atoms with E-state index in [0.717, 1.165) is 16.9 Å². The molecule has 0 spiro atoms. The molecule has 0 fully saturated rings. The molecule has 0 aromatic heterocycles. The van der Waals surface area contributed by atoms with Crippen LogP contribution in [0, 0.1) is 0 Å². The second-order valence-electron chi connectivity index (χ2n) is 4.71. The predicted molar refractivity (Wildman–Crippen MR) is 102 cm³/mol. The maximum absolute atomic E-state index is 5.86. The van der Waals surface area contributed by atoms with Crippen molar-refractivity contribution in [3.8, 4) is 5.75 Å². The molecule has 0 amide bonds. The monoisotopic (exact) mass is 375 g/mol. The summed E-state index contributed by atoms with van der Waals surface area (Å²) in [7, 11) is 1.65. The number of guanidine groups is 1. The third-order valence-corrected chi connectivity index (χ3v) is 3.12. The van der Waals surface area contributed by atoms with Crippen molar-refractivity contribution in [2.45, 2.75) is 6.54 Å². The number of aliphatic imine (C=N–C) groups is 1. The number of nitrogens with zero attached hydrogens (tertiary/aromatic N) is 1. The van der Waals surface area contributed by atoms with Crippen LogP contribution in [0.5, 0.6) is 5.75 Å². The summed E-state index contributed by atoms with van der Waals surface area (Å²) in [6, 6.07) is 17.9. The minimum Gasteiger partial charge on any atom is -0.496 e. The van der Waals surface area contributed by atoms with Gasteiger partial charge in [0.05, 0.1) is 13.7 Å². The van der Waals surface area contributed by atoms with Gasteiger partial charge in [0.2, 0.25) is 0 Å². The second-order valence-corrected chi connectivity index (χ2v) is 4.71. The molecule has 2 aromatic carbocycles. The van der Waals surface area contributed by atoms with E-state index in [2.05, 4.69) is 22.4 Å². The van der Waals surface area contributed by atoms with E-state index < -0.39 is 0 Å². The lowest BCUT2D eigenvalue weighted by Gasteiger charge is -2.06. The summed E-state index contributed by atoms with van der Waals surface area (Å²) in [6.45, 7) is 1.13. The van der Waals surface area contributed by atoms with Gasteiger partial charge >= 0.3 is 0 Å². The Hall–Kier alpha value is -2.27. The zero-order chi connectivity index (χ0) is 15.6. The maximum Gasteiger partial charge on any atom is 0.189 e.